The molecular formula is C56H104O15. The van der Waals surface area contributed by atoms with E-state index in [4.69, 9.17) is 28.4 Å². The Balaban J connectivity index is 1.72. The number of ether oxygens (including phenoxy) is 6. The van der Waals surface area contributed by atoms with Gasteiger partial charge in [-0.1, -0.05) is 199 Å². The van der Waals surface area contributed by atoms with Gasteiger partial charge in [0, 0.05) is 12.8 Å². The van der Waals surface area contributed by atoms with Gasteiger partial charge in [-0.15, -0.1) is 0 Å². The lowest BCUT2D eigenvalue weighted by Crippen LogP contribution is -2.61. The summed E-state index contributed by atoms with van der Waals surface area (Å²) in [6, 6.07) is 0. The molecule has 4 unspecified atom stereocenters. The molecule has 2 fully saturated rings. The number of aliphatic hydroxyl groups is 7. The summed E-state index contributed by atoms with van der Waals surface area (Å²) in [6.07, 6.45) is 28.2. The van der Waals surface area contributed by atoms with Gasteiger partial charge in [0.05, 0.1) is 19.8 Å². The highest BCUT2D eigenvalue weighted by atomic mass is 16.7. The van der Waals surface area contributed by atoms with Crippen LogP contribution in [0.5, 0.6) is 0 Å². The van der Waals surface area contributed by atoms with E-state index in [1.165, 1.54) is 141 Å². The van der Waals surface area contributed by atoms with Crippen molar-refractivity contribution in [1.82, 2.24) is 0 Å². The highest BCUT2D eigenvalue weighted by Crippen LogP contribution is 2.27. The first-order chi connectivity index (χ1) is 34.5. The molecule has 2 heterocycles. The lowest BCUT2D eigenvalue weighted by Gasteiger charge is -2.42. The molecule has 0 aromatic heterocycles. The maximum atomic E-state index is 13.1. The van der Waals surface area contributed by atoms with Gasteiger partial charge in [0.15, 0.2) is 18.7 Å². The van der Waals surface area contributed by atoms with E-state index in [0.29, 0.717) is 12.8 Å². The van der Waals surface area contributed by atoms with Crippen LogP contribution in [-0.2, 0) is 38.0 Å². The monoisotopic (exact) mass is 1020 g/mol. The molecule has 15 heteroatoms. The van der Waals surface area contributed by atoms with Crippen molar-refractivity contribution < 1.29 is 73.8 Å². The Kier molecular flexibility index (Phi) is 40.0. The third-order valence-corrected chi connectivity index (χ3v) is 14.0. The van der Waals surface area contributed by atoms with Gasteiger partial charge < -0.3 is 64.2 Å². The fourth-order valence-electron chi connectivity index (χ4n) is 9.27. The van der Waals surface area contributed by atoms with Crippen molar-refractivity contribution >= 4 is 11.9 Å². The minimum atomic E-state index is -1.76. The van der Waals surface area contributed by atoms with Crippen LogP contribution >= 0.6 is 0 Å². The van der Waals surface area contributed by atoms with E-state index in [-0.39, 0.29) is 26.1 Å². The molecular weight excluding hydrogens is 913 g/mol. The molecule has 71 heavy (non-hydrogen) atoms. The van der Waals surface area contributed by atoms with Crippen molar-refractivity contribution in [3.63, 3.8) is 0 Å². The second-order valence-corrected chi connectivity index (χ2v) is 20.5. The van der Waals surface area contributed by atoms with Crippen molar-refractivity contribution in [3.8, 4) is 0 Å². The van der Waals surface area contributed by atoms with Crippen LogP contribution in [0.4, 0.5) is 0 Å². The Hall–Kier alpha value is -1.76. The molecule has 0 bridgehead atoms. The smallest absolute Gasteiger partial charge is 0.306 e. The van der Waals surface area contributed by atoms with Crippen molar-refractivity contribution in [1.29, 1.82) is 0 Å². The molecule has 418 valence electrons. The predicted octanol–water partition coefficient (Wildman–Crippen LogP) is 9.33. The highest BCUT2D eigenvalue weighted by molar-refractivity contribution is 5.70. The quantitative estimate of drug-likeness (QED) is 0.0171. The topological polar surface area (TPSA) is 231 Å². The fourth-order valence-corrected chi connectivity index (χ4v) is 9.27. The van der Waals surface area contributed by atoms with Gasteiger partial charge in [-0.3, -0.25) is 9.59 Å². The zero-order valence-electron chi connectivity index (χ0n) is 44.5. The van der Waals surface area contributed by atoms with Crippen LogP contribution in [0, 0.1) is 0 Å². The summed E-state index contributed by atoms with van der Waals surface area (Å²) in [6.45, 7) is 2.60. The van der Waals surface area contributed by atoms with Gasteiger partial charge in [0.2, 0.25) is 0 Å². The van der Waals surface area contributed by atoms with E-state index in [1.807, 2.05) is 0 Å². The number of hydrogen-bond donors (Lipinski definition) is 7. The Morgan fingerprint density at radius 1 is 0.437 bits per heavy atom. The summed E-state index contributed by atoms with van der Waals surface area (Å²) in [7, 11) is 0. The third-order valence-electron chi connectivity index (χ3n) is 14.0. The molecule has 0 aliphatic carbocycles. The molecule has 0 aromatic rings. The van der Waals surface area contributed by atoms with Gasteiger partial charge in [-0.2, -0.15) is 0 Å². The summed E-state index contributed by atoms with van der Waals surface area (Å²) >= 11 is 0. The van der Waals surface area contributed by atoms with Crippen LogP contribution in [0.25, 0.3) is 0 Å². The summed E-state index contributed by atoms with van der Waals surface area (Å²) in [5.41, 5.74) is 0. The lowest BCUT2D eigenvalue weighted by molar-refractivity contribution is -0.332. The van der Waals surface area contributed by atoms with Crippen LogP contribution in [0.15, 0.2) is 12.2 Å². The predicted molar refractivity (Wildman–Crippen MR) is 275 cm³/mol. The average molecular weight is 1020 g/mol. The van der Waals surface area contributed by atoms with Crippen molar-refractivity contribution in [3.05, 3.63) is 12.2 Å². The standard InChI is InChI=1S/C56H104O15/c1-3-5-7-9-11-13-15-17-18-19-20-21-22-23-24-25-26-27-29-31-33-35-37-39-48(59)69-44(41-66-47(58)38-36-34-32-30-28-16-14-12-10-8-6-4-2)42-67-55-54(65)52(63)50(61)46(71-55)43-68-56-53(64)51(62)49(60)45(40-57)70-56/h12,14,44-46,49-57,60-65H,3-11,13,15-43H2,1-2H3/b14-12+/t44-,45+,46+,49-,50-,51?,52?,53?,54?,55+,56+/m1/s1. The van der Waals surface area contributed by atoms with Crippen LogP contribution in [0.3, 0.4) is 0 Å². The molecule has 7 N–H and O–H groups in total. The van der Waals surface area contributed by atoms with Crippen molar-refractivity contribution in [2.75, 3.05) is 26.4 Å². The zero-order valence-corrected chi connectivity index (χ0v) is 44.5. The number of rotatable bonds is 46. The molecule has 0 radical (unpaired) electrons. The molecule has 2 saturated heterocycles. The maximum absolute atomic E-state index is 13.1. The number of unbranched alkanes of at least 4 members (excludes halogenated alkanes) is 30. The number of esters is 2. The highest BCUT2D eigenvalue weighted by Gasteiger charge is 2.47. The molecule has 0 amide bonds. The number of carbonyl (C=O) groups is 2. The van der Waals surface area contributed by atoms with Gasteiger partial charge in [0.25, 0.3) is 0 Å². The molecule has 0 aromatic carbocycles. The van der Waals surface area contributed by atoms with Crippen molar-refractivity contribution in [2.24, 2.45) is 0 Å². The third kappa shape index (κ3) is 31.0. The molecule has 15 nitrogen and oxygen atoms in total. The number of aliphatic hydroxyl groups excluding tert-OH is 7. The Morgan fingerprint density at radius 3 is 1.27 bits per heavy atom. The molecule has 0 saturated carbocycles. The van der Waals surface area contributed by atoms with E-state index in [2.05, 4.69) is 26.0 Å². The Morgan fingerprint density at radius 2 is 0.803 bits per heavy atom. The first kappa shape index (κ1) is 65.4. The normalized spacial score (nSPS) is 25.2. The minimum absolute atomic E-state index is 0.170. The molecule has 2 rings (SSSR count). The number of carbonyl (C=O) groups excluding carboxylic acids is 2. The molecule has 0 spiro atoms. The number of hydrogen-bond acceptors (Lipinski definition) is 15. The van der Waals surface area contributed by atoms with Gasteiger partial charge in [-0.25, -0.2) is 0 Å². The summed E-state index contributed by atoms with van der Waals surface area (Å²) < 4.78 is 33.6. The average Bonchev–Trinajstić information content (AvgIpc) is 3.36. The van der Waals surface area contributed by atoms with E-state index in [9.17, 15) is 45.3 Å². The van der Waals surface area contributed by atoms with E-state index < -0.39 is 92.7 Å². The van der Waals surface area contributed by atoms with E-state index in [1.54, 1.807) is 0 Å². The molecule has 2 aliphatic rings. The maximum Gasteiger partial charge on any atom is 0.306 e. The fraction of sp³-hybridized carbons (Fsp3) is 0.929. The van der Waals surface area contributed by atoms with Gasteiger partial charge >= 0.3 is 11.9 Å². The first-order valence-corrected chi connectivity index (χ1v) is 28.8. The van der Waals surface area contributed by atoms with Crippen LogP contribution in [-0.4, -0.2) is 142 Å². The number of allylic oxidation sites excluding steroid dienone is 2. The van der Waals surface area contributed by atoms with Crippen LogP contribution < -0.4 is 0 Å². The first-order valence-electron chi connectivity index (χ1n) is 28.8. The van der Waals surface area contributed by atoms with Gasteiger partial charge in [-0.05, 0) is 38.5 Å². The van der Waals surface area contributed by atoms with Gasteiger partial charge in [0.1, 0.15) is 55.4 Å². The second kappa shape index (κ2) is 43.5. The second-order valence-electron chi connectivity index (χ2n) is 20.5. The SMILES string of the molecule is CCCCC/C=C/CCCCCCCC(=O)OC[C@H](CO[C@H]1O[C@@H](CO[C@H]2O[C@@H](CO)[C@@H](O)C(O)C2O)[C@@H](O)C(O)C1O)OC(=O)CCCCCCCCCCCCCCCCCCCCCCCCC. The summed E-state index contributed by atoms with van der Waals surface area (Å²) in [5, 5.41) is 72.2. The lowest BCUT2D eigenvalue weighted by atomic mass is 9.98. The molecule has 11 atom stereocenters. The Bertz CT molecular complexity index is 1290. The largest absolute Gasteiger partial charge is 0.462 e. The zero-order chi connectivity index (χ0) is 51.7. The summed E-state index contributed by atoms with van der Waals surface area (Å²) in [4.78, 5) is 25.8. The van der Waals surface area contributed by atoms with Crippen LogP contribution in [0.2, 0.25) is 0 Å². The minimum Gasteiger partial charge on any atom is -0.462 e. The van der Waals surface area contributed by atoms with E-state index in [0.717, 1.165) is 57.8 Å². The van der Waals surface area contributed by atoms with E-state index >= 15 is 0 Å². The van der Waals surface area contributed by atoms with Crippen LogP contribution in [0.1, 0.15) is 239 Å². The summed E-state index contributed by atoms with van der Waals surface area (Å²) in [5.74, 6) is -0.922. The molecule has 2 aliphatic heterocycles. The van der Waals surface area contributed by atoms with Crippen molar-refractivity contribution in [2.45, 2.75) is 306 Å². The Labute approximate surface area is 429 Å².